The number of carbonyl (C=O) groups is 2. The Kier molecular flexibility index (Phi) is 4.93. The zero-order valence-electron chi connectivity index (χ0n) is 14.9. The van der Waals surface area contributed by atoms with Gasteiger partial charge in [0.25, 0.3) is 5.91 Å². The number of methoxy groups -OCH3 is 1. The molecule has 0 N–H and O–H groups in total. The monoisotopic (exact) mass is 357 g/mol. The Morgan fingerprint density at radius 1 is 1.23 bits per heavy atom. The number of nitrogens with zero attached hydrogens (tertiary/aromatic N) is 1. The van der Waals surface area contributed by atoms with Gasteiger partial charge in [-0.3, -0.25) is 4.79 Å². The van der Waals surface area contributed by atoms with Gasteiger partial charge in [-0.15, -0.1) is 0 Å². The normalized spacial score (nSPS) is 16.8. The molecule has 1 heterocycles. The lowest BCUT2D eigenvalue weighted by molar-refractivity contribution is -0.126. The molecule has 0 radical (unpaired) electrons. The Morgan fingerprint density at radius 2 is 1.96 bits per heavy atom. The third-order valence-corrected chi connectivity index (χ3v) is 4.47. The number of benzene rings is 2. The first-order valence-electron chi connectivity index (χ1n) is 8.38. The quantitative estimate of drug-likeness (QED) is 0.788. The lowest BCUT2D eigenvalue weighted by Gasteiger charge is -2.26. The molecule has 0 saturated heterocycles. The van der Waals surface area contributed by atoms with Crippen molar-refractivity contribution in [3.8, 4) is 5.75 Å². The molecular weight excluding hydrogens is 337 g/mol. The van der Waals surface area contributed by atoms with Crippen LogP contribution in [-0.2, 0) is 16.0 Å². The molecule has 0 aliphatic carbocycles. The van der Waals surface area contributed by atoms with Crippen molar-refractivity contribution in [3.63, 3.8) is 0 Å². The van der Waals surface area contributed by atoms with E-state index in [4.69, 9.17) is 9.47 Å². The molecule has 0 aromatic heterocycles. The smallest absolute Gasteiger partial charge is 0.341 e. The summed E-state index contributed by atoms with van der Waals surface area (Å²) in [7, 11) is 1.41. The van der Waals surface area contributed by atoms with Gasteiger partial charge in [0.15, 0.2) is 6.10 Å². The van der Waals surface area contributed by atoms with Gasteiger partial charge >= 0.3 is 5.97 Å². The number of fused-ring (bicyclic) bond motifs is 1. The molecule has 3 rings (SSSR count). The highest BCUT2D eigenvalue weighted by molar-refractivity contribution is 6.01. The van der Waals surface area contributed by atoms with Gasteiger partial charge in [0, 0.05) is 17.8 Å². The number of hydrogen-bond donors (Lipinski definition) is 0. The SMILES string of the molecule is COc1ccc(C(=O)O[C@@H](C)C(=O)N2c3ccccc3C[C@H]2C)c(F)c1. The predicted molar refractivity (Wildman–Crippen MR) is 94.9 cm³/mol. The van der Waals surface area contributed by atoms with Crippen LogP contribution in [0.1, 0.15) is 29.8 Å². The largest absolute Gasteiger partial charge is 0.497 e. The number of anilines is 1. The van der Waals surface area contributed by atoms with E-state index in [9.17, 15) is 14.0 Å². The van der Waals surface area contributed by atoms with Gasteiger partial charge in [-0.05, 0) is 44.0 Å². The van der Waals surface area contributed by atoms with E-state index < -0.39 is 17.9 Å². The van der Waals surface area contributed by atoms with Gasteiger partial charge in [-0.25, -0.2) is 9.18 Å². The summed E-state index contributed by atoms with van der Waals surface area (Å²) in [5.41, 5.74) is 1.66. The summed E-state index contributed by atoms with van der Waals surface area (Å²) < 4.78 is 24.1. The van der Waals surface area contributed by atoms with E-state index >= 15 is 0 Å². The van der Waals surface area contributed by atoms with Crippen LogP contribution in [0.3, 0.4) is 0 Å². The molecule has 2 aromatic carbocycles. The van der Waals surface area contributed by atoms with Crippen LogP contribution in [0.2, 0.25) is 0 Å². The summed E-state index contributed by atoms with van der Waals surface area (Å²) >= 11 is 0. The zero-order valence-corrected chi connectivity index (χ0v) is 14.9. The topological polar surface area (TPSA) is 55.8 Å². The highest BCUT2D eigenvalue weighted by atomic mass is 19.1. The average molecular weight is 357 g/mol. The number of amides is 1. The van der Waals surface area contributed by atoms with E-state index in [-0.39, 0.29) is 17.5 Å². The fourth-order valence-electron chi connectivity index (χ4n) is 3.16. The number of rotatable bonds is 4. The molecule has 0 unspecified atom stereocenters. The lowest BCUT2D eigenvalue weighted by Crippen LogP contribution is -2.43. The molecule has 136 valence electrons. The van der Waals surface area contributed by atoms with Crippen molar-refractivity contribution in [1.82, 2.24) is 0 Å². The molecule has 26 heavy (non-hydrogen) atoms. The fourth-order valence-corrected chi connectivity index (χ4v) is 3.16. The van der Waals surface area contributed by atoms with Gasteiger partial charge < -0.3 is 14.4 Å². The molecule has 1 aliphatic heterocycles. The van der Waals surface area contributed by atoms with Crippen LogP contribution in [0.25, 0.3) is 0 Å². The molecule has 1 aliphatic rings. The Balaban J connectivity index is 1.75. The second-order valence-electron chi connectivity index (χ2n) is 6.28. The van der Waals surface area contributed by atoms with Crippen LogP contribution >= 0.6 is 0 Å². The van der Waals surface area contributed by atoms with Crippen LogP contribution in [0.5, 0.6) is 5.75 Å². The van der Waals surface area contributed by atoms with Gasteiger partial charge in [0.05, 0.1) is 12.7 Å². The molecule has 0 fully saturated rings. The van der Waals surface area contributed by atoms with Crippen LogP contribution in [-0.4, -0.2) is 31.1 Å². The minimum atomic E-state index is -1.03. The summed E-state index contributed by atoms with van der Waals surface area (Å²) in [4.78, 5) is 26.7. The van der Waals surface area contributed by atoms with Gasteiger partial charge in [0.1, 0.15) is 11.6 Å². The molecule has 2 atom stereocenters. The van der Waals surface area contributed by atoms with E-state index in [2.05, 4.69) is 0 Å². The molecule has 5 nitrogen and oxygen atoms in total. The maximum absolute atomic E-state index is 14.0. The first-order valence-corrected chi connectivity index (χ1v) is 8.38. The van der Waals surface area contributed by atoms with Crippen LogP contribution in [0, 0.1) is 5.82 Å². The van der Waals surface area contributed by atoms with Gasteiger partial charge in [-0.1, -0.05) is 18.2 Å². The van der Waals surface area contributed by atoms with Crippen molar-refractivity contribution < 1.29 is 23.5 Å². The molecule has 0 spiro atoms. The number of hydrogen-bond acceptors (Lipinski definition) is 4. The second kappa shape index (κ2) is 7.15. The molecule has 1 amide bonds. The molecular formula is C20H20FNO4. The van der Waals surface area contributed by atoms with Crippen molar-refractivity contribution in [3.05, 3.63) is 59.4 Å². The summed E-state index contributed by atoms with van der Waals surface area (Å²) in [5, 5.41) is 0. The van der Waals surface area contributed by atoms with Crippen molar-refractivity contribution in [2.75, 3.05) is 12.0 Å². The van der Waals surface area contributed by atoms with Crippen LogP contribution in [0.15, 0.2) is 42.5 Å². The number of esters is 1. The maximum Gasteiger partial charge on any atom is 0.341 e. The molecule has 2 aromatic rings. The van der Waals surface area contributed by atoms with Crippen LogP contribution < -0.4 is 9.64 Å². The first-order chi connectivity index (χ1) is 12.4. The Labute approximate surface area is 151 Å². The highest BCUT2D eigenvalue weighted by Gasteiger charge is 2.34. The standard InChI is InChI=1S/C20H20FNO4/c1-12-10-14-6-4-5-7-18(14)22(12)19(23)13(2)26-20(24)16-9-8-15(25-3)11-17(16)21/h4-9,11-13H,10H2,1-3H3/t12-,13+/m1/s1. The third-order valence-electron chi connectivity index (χ3n) is 4.47. The molecule has 6 heteroatoms. The highest BCUT2D eigenvalue weighted by Crippen LogP contribution is 2.32. The van der Waals surface area contributed by atoms with Gasteiger partial charge in [-0.2, -0.15) is 0 Å². The predicted octanol–water partition coefficient (Wildman–Crippen LogP) is 3.36. The molecule has 0 bridgehead atoms. The third kappa shape index (κ3) is 3.27. The Bertz CT molecular complexity index is 851. The van der Waals surface area contributed by atoms with E-state index in [1.165, 1.54) is 26.2 Å². The van der Waals surface area contributed by atoms with Crippen molar-refractivity contribution >= 4 is 17.6 Å². The summed E-state index contributed by atoms with van der Waals surface area (Å²) in [6.07, 6.45) is -0.284. The van der Waals surface area contributed by atoms with E-state index in [1.807, 2.05) is 31.2 Å². The van der Waals surface area contributed by atoms with E-state index in [1.54, 1.807) is 4.90 Å². The number of para-hydroxylation sites is 1. The minimum absolute atomic E-state index is 0.0289. The molecule has 0 saturated carbocycles. The summed E-state index contributed by atoms with van der Waals surface area (Å²) in [5.74, 6) is -1.67. The lowest BCUT2D eigenvalue weighted by atomic mass is 10.1. The van der Waals surface area contributed by atoms with Crippen molar-refractivity contribution in [1.29, 1.82) is 0 Å². The Morgan fingerprint density at radius 3 is 2.65 bits per heavy atom. The zero-order chi connectivity index (χ0) is 18.8. The minimum Gasteiger partial charge on any atom is -0.497 e. The van der Waals surface area contributed by atoms with E-state index in [0.717, 1.165) is 23.7 Å². The number of halogens is 1. The Hall–Kier alpha value is -2.89. The summed E-state index contributed by atoms with van der Waals surface area (Å²) in [6.45, 7) is 3.44. The number of ether oxygens (including phenoxy) is 2. The number of carbonyl (C=O) groups excluding carboxylic acids is 2. The van der Waals surface area contributed by atoms with Crippen LogP contribution in [0.4, 0.5) is 10.1 Å². The first kappa shape index (κ1) is 17.9. The van der Waals surface area contributed by atoms with E-state index in [0.29, 0.717) is 5.75 Å². The fraction of sp³-hybridized carbons (Fsp3) is 0.300. The maximum atomic E-state index is 14.0. The second-order valence-corrected chi connectivity index (χ2v) is 6.28. The van der Waals surface area contributed by atoms with Gasteiger partial charge in [0.2, 0.25) is 0 Å². The van der Waals surface area contributed by atoms with Crippen molar-refractivity contribution in [2.45, 2.75) is 32.4 Å². The summed E-state index contributed by atoms with van der Waals surface area (Å²) in [6, 6.07) is 11.4. The average Bonchev–Trinajstić information content (AvgIpc) is 2.96. The van der Waals surface area contributed by atoms with Crippen molar-refractivity contribution in [2.24, 2.45) is 0 Å².